The number of benzene rings is 1. The van der Waals surface area contributed by atoms with E-state index in [1.165, 1.54) is 4.90 Å². The van der Waals surface area contributed by atoms with E-state index in [1.54, 1.807) is 31.3 Å². The zero-order chi connectivity index (χ0) is 16.8. The molecule has 0 aliphatic rings. The number of likely N-dealkylation sites (N-methyl/N-ethyl adjacent to an activating group) is 1. The normalized spacial score (nSPS) is 10.5. The van der Waals surface area contributed by atoms with Crippen LogP contribution in [0, 0.1) is 11.3 Å². The van der Waals surface area contributed by atoms with Crippen LogP contribution < -0.4 is 10.1 Å². The zero-order valence-electron chi connectivity index (χ0n) is 13.3. The number of nitriles is 1. The Bertz CT molecular complexity index is 568. The van der Waals surface area contributed by atoms with Crippen molar-refractivity contribution in [1.29, 1.82) is 5.26 Å². The maximum atomic E-state index is 11.9. The van der Waals surface area contributed by atoms with Crippen LogP contribution in [-0.2, 0) is 9.59 Å². The van der Waals surface area contributed by atoms with Crippen molar-refractivity contribution in [1.82, 2.24) is 10.2 Å². The van der Waals surface area contributed by atoms with Gasteiger partial charge in [-0.15, -0.1) is 0 Å². The Morgan fingerprint density at radius 1 is 1.27 bits per heavy atom. The topological polar surface area (TPSA) is 82.4 Å². The molecule has 1 N–H and O–H groups in total. The highest BCUT2D eigenvalue weighted by Crippen LogP contribution is 2.11. The lowest BCUT2D eigenvalue weighted by Gasteiger charge is -2.23. The first kappa shape index (κ1) is 17.5. The number of rotatable bonds is 5. The summed E-state index contributed by atoms with van der Waals surface area (Å²) in [6, 6.07) is 8.47. The van der Waals surface area contributed by atoms with E-state index in [4.69, 9.17) is 10.00 Å². The zero-order valence-corrected chi connectivity index (χ0v) is 13.3. The van der Waals surface area contributed by atoms with E-state index in [-0.39, 0.29) is 30.5 Å². The molecular formula is C16H21N3O3. The number of ether oxygens (including phenoxy) is 1. The smallest absolute Gasteiger partial charge is 0.260 e. The van der Waals surface area contributed by atoms with E-state index in [9.17, 15) is 9.59 Å². The minimum absolute atomic E-state index is 0.0210. The third kappa shape index (κ3) is 6.27. The molecular weight excluding hydrogens is 282 g/mol. The molecule has 2 amide bonds. The predicted octanol–water partition coefficient (Wildman–Crippen LogP) is 1.31. The molecule has 0 aliphatic heterocycles. The van der Waals surface area contributed by atoms with Crippen LogP contribution in [0.2, 0.25) is 0 Å². The van der Waals surface area contributed by atoms with Crippen LogP contribution in [-0.4, -0.2) is 42.5 Å². The van der Waals surface area contributed by atoms with Gasteiger partial charge in [0.2, 0.25) is 5.91 Å². The van der Waals surface area contributed by atoms with Gasteiger partial charge in [0.15, 0.2) is 6.61 Å². The van der Waals surface area contributed by atoms with Crippen molar-refractivity contribution < 1.29 is 14.3 Å². The molecule has 1 rings (SSSR count). The number of hydrogen-bond acceptors (Lipinski definition) is 4. The molecule has 0 aromatic heterocycles. The quantitative estimate of drug-likeness (QED) is 0.889. The van der Waals surface area contributed by atoms with Crippen LogP contribution >= 0.6 is 0 Å². The maximum absolute atomic E-state index is 11.9. The van der Waals surface area contributed by atoms with Gasteiger partial charge in [-0.3, -0.25) is 9.59 Å². The van der Waals surface area contributed by atoms with Gasteiger partial charge in [-0.05, 0) is 45.0 Å². The molecule has 0 radical (unpaired) electrons. The van der Waals surface area contributed by atoms with Crippen LogP contribution in [0.1, 0.15) is 26.3 Å². The van der Waals surface area contributed by atoms with Gasteiger partial charge in [0.1, 0.15) is 5.75 Å². The highest BCUT2D eigenvalue weighted by atomic mass is 16.5. The second-order valence-electron chi connectivity index (χ2n) is 5.97. The fourth-order valence-electron chi connectivity index (χ4n) is 1.64. The van der Waals surface area contributed by atoms with E-state index in [0.29, 0.717) is 11.3 Å². The van der Waals surface area contributed by atoms with Crippen LogP contribution in [0.3, 0.4) is 0 Å². The molecule has 0 atom stereocenters. The van der Waals surface area contributed by atoms with E-state index in [0.717, 1.165) is 0 Å². The molecule has 1 aromatic carbocycles. The summed E-state index contributed by atoms with van der Waals surface area (Å²) in [5.74, 6) is -0.0185. The Kier molecular flexibility index (Phi) is 5.93. The second-order valence-corrected chi connectivity index (χ2v) is 5.97. The van der Waals surface area contributed by atoms with Gasteiger partial charge in [0, 0.05) is 12.6 Å². The lowest BCUT2D eigenvalue weighted by atomic mass is 10.1. The minimum atomic E-state index is -0.333. The molecule has 0 unspecified atom stereocenters. The van der Waals surface area contributed by atoms with E-state index in [1.807, 2.05) is 26.8 Å². The average Bonchev–Trinajstić information content (AvgIpc) is 2.43. The molecule has 118 valence electrons. The molecule has 0 saturated carbocycles. The lowest BCUT2D eigenvalue weighted by Crippen LogP contribution is -2.47. The summed E-state index contributed by atoms with van der Waals surface area (Å²) >= 11 is 0. The average molecular weight is 303 g/mol. The molecule has 0 aliphatic carbocycles. The number of carbonyl (C=O) groups excluding carboxylic acids is 2. The number of amides is 2. The Morgan fingerprint density at radius 2 is 1.86 bits per heavy atom. The third-order valence-corrected chi connectivity index (χ3v) is 2.67. The van der Waals surface area contributed by atoms with Crippen LogP contribution in [0.5, 0.6) is 5.75 Å². The van der Waals surface area contributed by atoms with Crippen molar-refractivity contribution in [3.8, 4) is 11.8 Å². The number of hydrogen-bond donors (Lipinski definition) is 1. The summed E-state index contributed by atoms with van der Waals surface area (Å²) in [4.78, 5) is 25.0. The summed E-state index contributed by atoms with van der Waals surface area (Å²) in [7, 11) is 1.55. The first-order valence-electron chi connectivity index (χ1n) is 6.89. The molecule has 0 saturated heterocycles. The lowest BCUT2D eigenvalue weighted by molar-refractivity contribution is -0.136. The summed E-state index contributed by atoms with van der Waals surface area (Å²) in [5, 5.41) is 11.5. The van der Waals surface area contributed by atoms with Crippen LogP contribution in [0.25, 0.3) is 0 Å². The van der Waals surface area contributed by atoms with Gasteiger partial charge in [-0.2, -0.15) is 5.26 Å². The summed E-state index contributed by atoms with van der Waals surface area (Å²) in [6.07, 6.45) is 0. The Balaban J connectivity index is 2.44. The van der Waals surface area contributed by atoms with E-state index >= 15 is 0 Å². The fourth-order valence-corrected chi connectivity index (χ4v) is 1.64. The standard InChI is InChI=1S/C16H21N3O3/c1-16(2,3)18-14(20)10-19(4)15(21)11-22-13-7-5-12(9-17)6-8-13/h5-8H,10-11H2,1-4H3,(H,18,20). The first-order valence-corrected chi connectivity index (χ1v) is 6.89. The highest BCUT2D eigenvalue weighted by Gasteiger charge is 2.18. The van der Waals surface area contributed by atoms with Crippen molar-refractivity contribution in [2.45, 2.75) is 26.3 Å². The van der Waals surface area contributed by atoms with Crippen LogP contribution in [0.4, 0.5) is 0 Å². The number of nitrogens with zero attached hydrogens (tertiary/aromatic N) is 2. The molecule has 22 heavy (non-hydrogen) atoms. The molecule has 0 bridgehead atoms. The largest absolute Gasteiger partial charge is 0.484 e. The fraction of sp³-hybridized carbons (Fsp3) is 0.438. The van der Waals surface area contributed by atoms with E-state index in [2.05, 4.69) is 5.32 Å². The summed E-state index contributed by atoms with van der Waals surface area (Å²) < 4.78 is 5.34. The number of nitrogens with one attached hydrogen (secondary N) is 1. The molecule has 0 fully saturated rings. The van der Waals surface area contributed by atoms with Gasteiger partial charge in [-0.1, -0.05) is 0 Å². The Morgan fingerprint density at radius 3 is 2.36 bits per heavy atom. The second kappa shape index (κ2) is 7.46. The molecule has 6 nitrogen and oxygen atoms in total. The van der Waals surface area contributed by atoms with Gasteiger partial charge < -0.3 is 15.0 Å². The molecule has 0 heterocycles. The van der Waals surface area contributed by atoms with Crippen molar-refractivity contribution in [3.05, 3.63) is 29.8 Å². The first-order chi connectivity index (χ1) is 10.2. The van der Waals surface area contributed by atoms with Crippen molar-refractivity contribution >= 4 is 11.8 Å². The third-order valence-electron chi connectivity index (χ3n) is 2.67. The monoisotopic (exact) mass is 303 g/mol. The van der Waals surface area contributed by atoms with Crippen molar-refractivity contribution in [2.75, 3.05) is 20.2 Å². The van der Waals surface area contributed by atoms with Crippen molar-refractivity contribution in [2.24, 2.45) is 0 Å². The van der Waals surface area contributed by atoms with E-state index < -0.39 is 0 Å². The molecule has 6 heteroatoms. The molecule has 0 spiro atoms. The summed E-state index contributed by atoms with van der Waals surface area (Å²) in [5.41, 5.74) is 0.189. The maximum Gasteiger partial charge on any atom is 0.260 e. The van der Waals surface area contributed by atoms with Gasteiger partial charge >= 0.3 is 0 Å². The molecule has 1 aromatic rings. The van der Waals surface area contributed by atoms with Gasteiger partial charge in [0.05, 0.1) is 18.2 Å². The summed E-state index contributed by atoms with van der Waals surface area (Å²) in [6.45, 7) is 5.44. The number of carbonyl (C=O) groups is 2. The van der Waals surface area contributed by atoms with Gasteiger partial charge in [-0.25, -0.2) is 0 Å². The van der Waals surface area contributed by atoms with Gasteiger partial charge in [0.25, 0.3) is 5.91 Å². The predicted molar refractivity (Wildman–Crippen MR) is 82.2 cm³/mol. The Hall–Kier alpha value is -2.55. The van der Waals surface area contributed by atoms with Crippen molar-refractivity contribution in [3.63, 3.8) is 0 Å². The Labute approximate surface area is 130 Å². The minimum Gasteiger partial charge on any atom is -0.484 e. The highest BCUT2D eigenvalue weighted by molar-refractivity contribution is 5.85. The van der Waals surface area contributed by atoms with Crippen LogP contribution in [0.15, 0.2) is 24.3 Å². The SMILES string of the molecule is CN(CC(=O)NC(C)(C)C)C(=O)COc1ccc(C#N)cc1.